The van der Waals surface area contributed by atoms with Gasteiger partial charge in [0.2, 0.25) is 0 Å². The summed E-state index contributed by atoms with van der Waals surface area (Å²) in [4.78, 5) is 2.64. The largest absolute Gasteiger partial charge is 0.199 e. The highest BCUT2D eigenvalue weighted by molar-refractivity contribution is 8.15. The van der Waals surface area contributed by atoms with Crippen LogP contribution in [0.25, 0.3) is 32.7 Å². The fourth-order valence-electron chi connectivity index (χ4n) is 3.31. The van der Waals surface area contributed by atoms with E-state index in [4.69, 9.17) is 0 Å². The second kappa shape index (κ2) is 5.31. The van der Waals surface area contributed by atoms with Crippen molar-refractivity contribution in [3.63, 3.8) is 0 Å². The predicted molar refractivity (Wildman–Crippen MR) is 102 cm³/mol. The van der Waals surface area contributed by atoms with Crippen LogP contribution < -0.4 is 4.13 Å². The molecule has 0 saturated carbocycles. The number of hydrogen-bond donors (Lipinski definition) is 1. The maximum absolute atomic E-state index is 3.33. The third-order valence-corrected chi connectivity index (χ3v) is 6.31. The van der Waals surface area contributed by atoms with Crippen LogP contribution in [0.4, 0.5) is 0 Å². The maximum Gasteiger partial charge on any atom is 0.0464 e. The molecule has 0 saturated heterocycles. The molecule has 1 nitrogen and oxygen atoms in total. The van der Waals surface area contributed by atoms with Crippen LogP contribution in [0.15, 0.2) is 82.6 Å². The lowest BCUT2D eigenvalue weighted by Gasteiger charge is -2.14. The number of fused-ring (bicyclic) bond motifs is 3. The Morgan fingerprint density at radius 3 is 2.09 bits per heavy atom. The lowest BCUT2D eigenvalue weighted by atomic mass is 9.92. The molecule has 23 heavy (non-hydrogen) atoms. The standard InChI is InChI=1S/C20H13NS2/c1-3-8-15-13(6-1)12-14-7-2-4-9-16(14)19(15)17-10-5-11-18-20(17)23-21-22-18/h1-12,21H. The van der Waals surface area contributed by atoms with Gasteiger partial charge in [-0.1, -0.05) is 60.7 Å². The van der Waals surface area contributed by atoms with Gasteiger partial charge in [-0.15, -0.1) is 0 Å². The summed E-state index contributed by atoms with van der Waals surface area (Å²) in [6.07, 6.45) is 0. The molecular weight excluding hydrogens is 318 g/mol. The molecule has 1 heterocycles. The molecule has 0 bridgehead atoms. The Morgan fingerprint density at radius 1 is 0.652 bits per heavy atom. The molecule has 0 aliphatic carbocycles. The van der Waals surface area contributed by atoms with Crippen LogP contribution in [0.1, 0.15) is 0 Å². The molecule has 4 aromatic carbocycles. The van der Waals surface area contributed by atoms with Crippen LogP contribution >= 0.6 is 23.9 Å². The summed E-state index contributed by atoms with van der Waals surface area (Å²) in [7, 11) is 0. The van der Waals surface area contributed by atoms with Gasteiger partial charge in [-0.25, -0.2) is 0 Å². The van der Waals surface area contributed by atoms with Gasteiger partial charge in [-0.05, 0) is 68.7 Å². The van der Waals surface area contributed by atoms with Gasteiger partial charge in [-0.3, -0.25) is 0 Å². The van der Waals surface area contributed by atoms with Gasteiger partial charge in [0.05, 0.1) is 0 Å². The van der Waals surface area contributed by atoms with Gasteiger partial charge in [0.15, 0.2) is 0 Å². The summed E-state index contributed by atoms with van der Waals surface area (Å²) in [6, 6.07) is 26.2. The Balaban J connectivity index is 1.98. The van der Waals surface area contributed by atoms with Gasteiger partial charge in [-0.2, -0.15) is 4.13 Å². The molecule has 3 heteroatoms. The second-order valence-corrected chi connectivity index (χ2v) is 7.54. The van der Waals surface area contributed by atoms with Crippen LogP contribution in [-0.4, -0.2) is 0 Å². The van der Waals surface area contributed by atoms with E-state index >= 15 is 0 Å². The lowest BCUT2D eigenvalue weighted by molar-refractivity contribution is 1.28. The first-order valence-corrected chi connectivity index (χ1v) is 9.18. The Kier molecular flexibility index (Phi) is 3.11. The molecule has 0 radical (unpaired) electrons. The zero-order valence-electron chi connectivity index (χ0n) is 12.2. The predicted octanol–water partition coefficient (Wildman–Crippen LogP) is 6.28. The van der Waals surface area contributed by atoms with Crippen molar-refractivity contribution in [3.05, 3.63) is 72.8 Å². The highest BCUT2D eigenvalue weighted by Crippen LogP contribution is 2.46. The van der Waals surface area contributed by atoms with Crippen LogP contribution in [0.5, 0.6) is 0 Å². The van der Waals surface area contributed by atoms with E-state index in [0.717, 1.165) is 0 Å². The smallest absolute Gasteiger partial charge is 0.0464 e. The average molecular weight is 331 g/mol. The molecule has 1 aliphatic rings. The fourth-order valence-corrected chi connectivity index (χ4v) is 5.22. The molecule has 0 atom stereocenters. The quantitative estimate of drug-likeness (QED) is 0.326. The van der Waals surface area contributed by atoms with Gasteiger partial charge in [0.1, 0.15) is 0 Å². The Morgan fingerprint density at radius 2 is 1.35 bits per heavy atom. The highest BCUT2D eigenvalue weighted by atomic mass is 32.2. The van der Waals surface area contributed by atoms with E-state index in [0.29, 0.717) is 0 Å². The third kappa shape index (κ3) is 2.08. The first-order valence-electron chi connectivity index (χ1n) is 7.54. The van der Waals surface area contributed by atoms with E-state index in [9.17, 15) is 0 Å². The number of rotatable bonds is 1. The first-order chi connectivity index (χ1) is 11.4. The molecule has 0 aromatic heterocycles. The first kappa shape index (κ1) is 13.5. The minimum Gasteiger partial charge on any atom is -0.199 e. The molecule has 1 N–H and O–H groups in total. The van der Waals surface area contributed by atoms with E-state index in [2.05, 4.69) is 76.9 Å². The lowest BCUT2D eigenvalue weighted by Crippen LogP contribution is -1.88. The van der Waals surface area contributed by atoms with Crippen molar-refractivity contribution in [2.75, 3.05) is 0 Å². The van der Waals surface area contributed by atoms with Crippen LogP contribution in [0.2, 0.25) is 0 Å². The van der Waals surface area contributed by atoms with Crippen molar-refractivity contribution < 1.29 is 0 Å². The number of benzene rings is 4. The molecule has 5 rings (SSSR count). The molecule has 110 valence electrons. The van der Waals surface area contributed by atoms with Crippen LogP contribution in [0.3, 0.4) is 0 Å². The molecule has 0 spiro atoms. The summed E-state index contributed by atoms with van der Waals surface area (Å²) in [6.45, 7) is 0. The Bertz CT molecular complexity index is 1000. The molecule has 0 fully saturated rings. The molecule has 0 amide bonds. The molecule has 1 aliphatic heterocycles. The Hall–Kier alpha value is -1.94. The second-order valence-electron chi connectivity index (χ2n) is 5.61. The molecule has 4 aromatic rings. The van der Waals surface area contributed by atoms with Crippen molar-refractivity contribution in [1.29, 1.82) is 0 Å². The van der Waals surface area contributed by atoms with Crippen molar-refractivity contribution >= 4 is 45.4 Å². The zero-order valence-corrected chi connectivity index (χ0v) is 13.9. The summed E-state index contributed by atoms with van der Waals surface area (Å²) in [5, 5.41) is 5.22. The summed E-state index contributed by atoms with van der Waals surface area (Å²) in [5.41, 5.74) is 2.66. The zero-order chi connectivity index (χ0) is 15.2. The summed E-state index contributed by atoms with van der Waals surface area (Å²) in [5.74, 6) is 0. The highest BCUT2D eigenvalue weighted by Gasteiger charge is 2.19. The van der Waals surface area contributed by atoms with Crippen LogP contribution in [0, 0.1) is 0 Å². The van der Waals surface area contributed by atoms with Crippen molar-refractivity contribution in [2.45, 2.75) is 9.79 Å². The average Bonchev–Trinajstić information content (AvgIpc) is 3.08. The van der Waals surface area contributed by atoms with Gasteiger partial charge >= 0.3 is 0 Å². The third-order valence-electron chi connectivity index (χ3n) is 4.31. The maximum atomic E-state index is 3.33. The summed E-state index contributed by atoms with van der Waals surface area (Å²) >= 11 is 3.42. The monoisotopic (exact) mass is 331 g/mol. The van der Waals surface area contributed by atoms with Gasteiger partial charge in [0, 0.05) is 9.79 Å². The van der Waals surface area contributed by atoms with Gasteiger partial charge < -0.3 is 0 Å². The number of hydrogen-bond acceptors (Lipinski definition) is 3. The minimum absolute atomic E-state index is 1.29. The van der Waals surface area contributed by atoms with Crippen molar-refractivity contribution in [3.8, 4) is 11.1 Å². The van der Waals surface area contributed by atoms with Crippen LogP contribution in [-0.2, 0) is 0 Å². The number of nitrogens with one attached hydrogen (secondary N) is 1. The molecular formula is C20H13NS2. The van der Waals surface area contributed by atoms with E-state index in [1.807, 2.05) is 0 Å². The topological polar surface area (TPSA) is 12.0 Å². The van der Waals surface area contributed by atoms with Gasteiger partial charge in [0.25, 0.3) is 0 Å². The Labute approximate surface area is 143 Å². The van der Waals surface area contributed by atoms with Crippen molar-refractivity contribution in [1.82, 2.24) is 4.13 Å². The fraction of sp³-hybridized carbons (Fsp3) is 0. The SMILES string of the molecule is c1cc2c(c(-c3c4ccccc4cc4ccccc34)c1)SNS2. The van der Waals surface area contributed by atoms with E-state index < -0.39 is 0 Å². The van der Waals surface area contributed by atoms with E-state index in [1.54, 1.807) is 23.9 Å². The summed E-state index contributed by atoms with van der Waals surface area (Å²) < 4.78 is 3.33. The normalized spacial score (nSPS) is 13.6. The van der Waals surface area contributed by atoms with Crippen molar-refractivity contribution in [2.24, 2.45) is 0 Å². The minimum atomic E-state index is 1.29. The molecule has 0 unspecified atom stereocenters. The van der Waals surface area contributed by atoms with E-state index in [-0.39, 0.29) is 0 Å². The van der Waals surface area contributed by atoms with E-state index in [1.165, 1.54) is 42.5 Å².